The molecule has 4 aliphatic heterocycles. The van der Waals surface area contributed by atoms with Gasteiger partial charge in [-0.25, -0.2) is 9.67 Å². The zero-order valence-corrected chi connectivity index (χ0v) is 45.8. The number of hydrogen-bond acceptors (Lipinski definition) is 11. The maximum absolute atomic E-state index is 14.9. The molecule has 15 nitrogen and oxygen atoms in total. The lowest BCUT2D eigenvalue weighted by molar-refractivity contribution is -0.145. The molecule has 5 fully saturated rings. The topological polar surface area (TPSA) is 172 Å². The second-order valence-electron chi connectivity index (χ2n) is 23.4. The number of fused-ring (bicyclic) bond motifs is 7. The Bertz CT molecular complexity index is 3230. The van der Waals surface area contributed by atoms with Crippen LogP contribution in [-0.4, -0.2) is 118 Å². The van der Waals surface area contributed by atoms with E-state index in [1.807, 2.05) is 80.7 Å². The number of aliphatic hydroxyl groups excluding tert-OH is 1. The number of likely N-dealkylation sites (tertiary alicyclic amines) is 3. The number of nitrogens with zero attached hydrogens (tertiary/aromatic N) is 9. The Morgan fingerprint density at radius 2 is 1.64 bits per heavy atom. The van der Waals surface area contributed by atoms with Crippen molar-refractivity contribution in [1.82, 2.24) is 49.5 Å². The van der Waals surface area contributed by atoms with Gasteiger partial charge in [-0.05, 0) is 139 Å². The van der Waals surface area contributed by atoms with Gasteiger partial charge < -0.3 is 25.1 Å². The molecule has 3 aromatic heterocycles. The van der Waals surface area contributed by atoms with Crippen molar-refractivity contribution >= 4 is 55.9 Å². The zero-order chi connectivity index (χ0) is 51.9. The van der Waals surface area contributed by atoms with Crippen molar-refractivity contribution in [2.24, 2.45) is 5.41 Å². The van der Waals surface area contributed by atoms with E-state index in [0.717, 1.165) is 115 Å². The van der Waals surface area contributed by atoms with E-state index >= 15 is 0 Å². The lowest BCUT2D eigenvalue weighted by atomic mass is 9.69. The molecular formula is C58H67BrN10O5S. The van der Waals surface area contributed by atoms with Gasteiger partial charge in [-0.15, -0.1) is 16.4 Å². The summed E-state index contributed by atoms with van der Waals surface area (Å²) in [4.78, 5) is 74.2. The Morgan fingerprint density at radius 3 is 2.33 bits per heavy atom. The fourth-order valence-electron chi connectivity index (χ4n) is 13.4. The molecule has 0 unspecified atom stereocenters. The van der Waals surface area contributed by atoms with E-state index in [9.17, 15) is 24.3 Å². The summed E-state index contributed by atoms with van der Waals surface area (Å²) in [6.07, 6.45) is 12.3. The molecule has 17 heteroatoms. The molecular weight excluding hydrogens is 1030 g/mol. The summed E-state index contributed by atoms with van der Waals surface area (Å²) in [6.45, 7) is 10.9. The number of hydrogen-bond donors (Lipinski definition) is 2. The van der Waals surface area contributed by atoms with Gasteiger partial charge in [0.1, 0.15) is 23.9 Å². The van der Waals surface area contributed by atoms with Gasteiger partial charge in [0, 0.05) is 48.7 Å². The summed E-state index contributed by atoms with van der Waals surface area (Å²) < 4.78 is 4.70. The number of aromatic nitrogens is 6. The largest absolute Gasteiger partial charge is 0.391 e. The molecule has 75 heavy (non-hydrogen) atoms. The number of carbonyl (C=O) groups is 3. The van der Waals surface area contributed by atoms with Gasteiger partial charge in [-0.1, -0.05) is 87.7 Å². The highest BCUT2D eigenvalue weighted by Crippen LogP contribution is 2.52. The Hall–Kier alpha value is -5.62. The van der Waals surface area contributed by atoms with Gasteiger partial charge in [-0.3, -0.25) is 23.7 Å². The molecule has 3 aromatic carbocycles. The fourth-order valence-corrected chi connectivity index (χ4v) is 14.8. The number of rotatable bonds is 10. The standard InChI is InChI=1S/C58H67BrN10O5S/c1-34-50(75-33-60-34)38-15-13-37(14-16-38)49(61-52(71)47-30-41(70)31-67(47)55(74)51(57(2,3)4)68-32-44(63-64-68)36-11-12-36)54(73)66-27-21-40(22-28-66)65-25-19-35(20-26-65)39-17-18-42-46(29-39)69-45-10-8-9-43(59)48(45)53(72)62-56(69)58(42)23-6-5-7-24-58/h8-10,13-18,29,32-33,35-36,40-41,47,49,51,70H,5-7,11-12,19-28,30-31H2,1-4H3,(H,61,71)/t41-,47+,49-,51-/m1/s1. The number of halogens is 1. The molecule has 0 radical (unpaired) electrons. The first kappa shape index (κ1) is 50.2. The third-order valence-electron chi connectivity index (χ3n) is 17.6. The predicted octanol–water partition coefficient (Wildman–Crippen LogP) is 8.89. The van der Waals surface area contributed by atoms with Crippen LogP contribution in [-0.2, 0) is 19.8 Å². The monoisotopic (exact) mass is 1090 g/mol. The Balaban J connectivity index is 0.741. The molecule has 3 saturated heterocycles. The quantitative estimate of drug-likeness (QED) is 0.135. The van der Waals surface area contributed by atoms with Crippen molar-refractivity contribution in [2.45, 2.75) is 152 Å². The molecule has 392 valence electrons. The van der Waals surface area contributed by atoms with Crippen LogP contribution >= 0.6 is 27.3 Å². The Morgan fingerprint density at radius 1 is 0.893 bits per heavy atom. The summed E-state index contributed by atoms with van der Waals surface area (Å²) >= 11 is 5.22. The van der Waals surface area contributed by atoms with E-state index < -0.39 is 35.6 Å². The van der Waals surface area contributed by atoms with Gasteiger partial charge in [-0.2, -0.15) is 4.98 Å². The van der Waals surface area contributed by atoms with Crippen molar-refractivity contribution < 1.29 is 19.5 Å². The van der Waals surface area contributed by atoms with E-state index in [4.69, 9.17) is 4.98 Å². The number of nitrogens with one attached hydrogen (secondary N) is 1. The minimum absolute atomic E-state index is 0.000836. The summed E-state index contributed by atoms with van der Waals surface area (Å²) in [6, 6.07) is 18.5. The number of aryl methyl sites for hydroxylation is 1. The maximum atomic E-state index is 14.9. The zero-order valence-electron chi connectivity index (χ0n) is 43.4. The molecule has 7 heterocycles. The van der Waals surface area contributed by atoms with Crippen LogP contribution in [0.4, 0.5) is 0 Å². The van der Waals surface area contributed by atoms with Crippen molar-refractivity contribution in [1.29, 1.82) is 0 Å². The van der Waals surface area contributed by atoms with E-state index in [2.05, 4.69) is 70.3 Å². The van der Waals surface area contributed by atoms with Crippen LogP contribution in [0, 0.1) is 12.3 Å². The first-order chi connectivity index (χ1) is 36.2. The molecule has 2 aliphatic carbocycles. The SMILES string of the molecule is Cc1ncsc1-c1ccc([C@@H](NC(=O)[C@@H]2C[C@@H](O)CN2C(=O)[C@@H](n2cc(C3CC3)nn2)C(C)(C)C)C(=O)N2CCC(N3CCC(c4ccc5c(c4)-n4c(nc(=O)c6c(Br)cccc64)C54CCCCC4)CC3)CC2)cc1. The second kappa shape index (κ2) is 19.7. The predicted molar refractivity (Wildman–Crippen MR) is 292 cm³/mol. The first-order valence-corrected chi connectivity index (χ1v) is 28.9. The molecule has 4 atom stereocenters. The highest BCUT2D eigenvalue weighted by molar-refractivity contribution is 9.10. The number of piperidine rings is 2. The van der Waals surface area contributed by atoms with Crippen LogP contribution in [0.1, 0.15) is 156 Å². The van der Waals surface area contributed by atoms with Crippen molar-refractivity contribution in [3.63, 3.8) is 0 Å². The average Bonchev–Trinajstić information content (AvgIpc) is 3.73. The maximum Gasteiger partial charge on any atom is 0.281 e. The molecule has 12 rings (SSSR count). The number of thiazole rings is 1. The molecule has 6 aromatic rings. The fraction of sp³-hybridized carbons (Fsp3) is 0.517. The van der Waals surface area contributed by atoms with E-state index in [0.29, 0.717) is 41.9 Å². The van der Waals surface area contributed by atoms with Gasteiger partial charge in [0.25, 0.3) is 5.56 Å². The summed E-state index contributed by atoms with van der Waals surface area (Å²) in [5.74, 6) is 0.688. The lowest BCUT2D eigenvalue weighted by Crippen LogP contribution is -2.54. The summed E-state index contributed by atoms with van der Waals surface area (Å²) in [5, 5.41) is 23.6. The van der Waals surface area contributed by atoms with Crippen LogP contribution in [0.3, 0.4) is 0 Å². The van der Waals surface area contributed by atoms with Crippen molar-refractivity contribution in [3.8, 4) is 16.1 Å². The number of β-amino-alcohol motifs (C(OH)–C–C–N with tert-alkyl or cyclic N) is 1. The normalized spacial score (nSPS) is 22.1. The van der Waals surface area contributed by atoms with Crippen LogP contribution in [0.2, 0.25) is 0 Å². The van der Waals surface area contributed by atoms with Gasteiger partial charge in [0.2, 0.25) is 17.7 Å². The van der Waals surface area contributed by atoms with Gasteiger partial charge >= 0.3 is 0 Å². The number of amides is 3. The second-order valence-corrected chi connectivity index (χ2v) is 25.1. The highest BCUT2D eigenvalue weighted by atomic mass is 79.9. The molecule has 3 amide bonds. The van der Waals surface area contributed by atoms with Crippen molar-refractivity contribution in [3.05, 3.63) is 121 Å². The van der Waals surface area contributed by atoms with Crippen LogP contribution in [0.25, 0.3) is 27.0 Å². The van der Waals surface area contributed by atoms with Gasteiger partial charge in [0.15, 0.2) is 0 Å². The third kappa shape index (κ3) is 9.16. The smallest absolute Gasteiger partial charge is 0.281 e. The number of carbonyl (C=O) groups excluding carboxylic acids is 3. The third-order valence-corrected chi connectivity index (χ3v) is 19.2. The Labute approximate surface area is 450 Å². The molecule has 2 N–H and O–H groups in total. The van der Waals surface area contributed by atoms with E-state index in [-0.39, 0.29) is 35.8 Å². The lowest BCUT2D eigenvalue weighted by Gasteiger charge is -2.42. The number of benzene rings is 3. The minimum Gasteiger partial charge on any atom is -0.391 e. The van der Waals surface area contributed by atoms with E-state index in [1.165, 1.54) is 28.1 Å². The molecule has 1 spiro atoms. The van der Waals surface area contributed by atoms with Crippen molar-refractivity contribution in [2.75, 3.05) is 32.7 Å². The van der Waals surface area contributed by atoms with Crippen LogP contribution in [0.15, 0.2) is 81.6 Å². The average molecular weight is 1100 g/mol. The summed E-state index contributed by atoms with van der Waals surface area (Å²) in [7, 11) is 0. The van der Waals surface area contributed by atoms with Crippen LogP contribution in [0.5, 0.6) is 0 Å². The summed E-state index contributed by atoms with van der Waals surface area (Å²) in [5.41, 5.74) is 8.99. The highest BCUT2D eigenvalue weighted by Gasteiger charge is 2.49. The molecule has 6 aliphatic rings. The number of aliphatic hydroxyl groups is 1. The molecule has 0 bridgehead atoms. The first-order valence-electron chi connectivity index (χ1n) is 27.3. The van der Waals surface area contributed by atoms with Gasteiger partial charge in [0.05, 0.1) is 49.9 Å². The Kier molecular flexibility index (Phi) is 13.2. The molecule has 2 saturated carbocycles. The van der Waals surface area contributed by atoms with Crippen LogP contribution < -0.4 is 10.9 Å². The minimum atomic E-state index is -1.01. The van der Waals surface area contributed by atoms with E-state index in [1.54, 1.807) is 16.0 Å².